The molecule has 1 saturated heterocycles. The van der Waals surface area contributed by atoms with Crippen LogP contribution in [0.15, 0.2) is 70.8 Å². The highest BCUT2D eigenvalue weighted by Gasteiger charge is 2.35. The molecule has 0 radical (unpaired) electrons. The average Bonchev–Trinajstić information content (AvgIpc) is 3.34. The number of benzene rings is 2. The molecule has 0 saturated carbocycles. The minimum atomic E-state index is -0.692. The van der Waals surface area contributed by atoms with Crippen molar-refractivity contribution in [3.05, 3.63) is 83.2 Å². The third-order valence-corrected chi connectivity index (χ3v) is 4.79. The molecule has 1 aliphatic heterocycles. The van der Waals surface area contributed by atoms with Gasteiger partial charge in [-0.3, -0.25) is 9.59 Å². The molecule has 4 rings (SSSR count). The van der Waals surface area contributed by atoms with Crippen molar-refractivity contribution >= 4 is 29.6 Å². The van der Waals surface area contributed by atoms with Crippen LogP contribution in [0.3, 0.4) is 0 Å². The minimum Gasteiger partial charge on any atom is -0.457 e. The van der Waals surface area contributed by atoms with E-state index in [4.69, 9.17) is 4.42 Å². The van der Waals surface area contributed by atoms with E-state index >= 15 is 0 Å². The second-order valence-corrected chi connectivity index (χ2v) is 7.16. The molecule has 32 heavy (non-hydrogen) atoms. The van der Waals surface area contributed by atoms with Crippen molar-refractivity contribution in [1.29, 1.82) is 5.26 Å². The van der Waals surface area contributed by atoms with Gasteiger partial charge < -0.3 is 15.1 Å². The molecule has 0 unspecified atom stereocenters. The number of rotatable bonds is 5. The van der Waals surface area contributed by atoms with Gasteiger partial charge in [-0.05, 0) is 48.9 Å². The Balaban J connectivity index is 1.47. The van der Waals surface area contributed by atoms with Crippen LogP contribution in [-0.4, -0.2) is 29.3 Å². The van der Waals surface area contributed by atoms with E-state index < -0.39 is 24.4 Å². The molecule has 1 aromatic heterocycles. The van der Waals surface area contributed by atoms with Gasteiger partial charge >= 0.3 is 6.03 Å². The summed E-state index contributed by atoms with van der Waals surface area (Å²) < 4.78 is 5.74. The van der Waals surface area contributed by atoms with E-state index in [1.807, 2.05) is 13.0 Å². The van der Waals surface area contributed by atoms with Gasteiger partial charge in [0.2, 0.25) is 5.91 Å². The molecule has 0 bridgehead atoms. The van der Waals surface area contributed by atoms with Gasteiger partial charge in [0.25, 0.3) is 5.91 Å². The number of carbonyl (C=O) groups is 3. The van der Waals surface area contributed by atoms with Crippen LogP contribution in [0.25, 0.3) is 17.4 Å². The summed E-state index contributed by atoms with van der Waals surface area (Å²) >= 11 is 0. The molecular formula is C24H18N4O4. The van der Waals surface area contributed by atoms with Gasteiger partial charge in [-0.25, -0.2) is 9.69 Å². The van der Waals surface area contributed by atoms with Crippen LogP contribution in [0.5, 0.6) is 0 Å². The monoisotopic (exact) mass is 426 g/mol. The lowest BCUT2D eigenvalue weighted by atomic mass is 10.1. The van der Waals surface area contributed by atoms with Crippen molar-refractivity contribution in [3.63, 3.8) is 0 Å². The fraction of sp³-hybridized carbons (Fsp3) is 0.0833. The number of anilines is 1. The molecule has 4 amide bonds. The van der Waals surface area contributed by atoms with Crippen LogP contribution in [0.2, 0.25) is 0 Å². The Morgan fingerprint density at radius 3 is 2.75 bits per heavy atom. The SMILES string of the molecule is Cc1cccc(NC(=O)CN2C(=O)N/C(=C/c3ccc(-c4ccccc4C#N)o3)C2=O)c1. The summed E-state index contributed by atoms with van der Waals surface area (Å²) in [5.74, 6) is -0.346. The number of hydrogen-bond acceptors (Lipinski definition) is 5. The lowest BCUT2D eigenvalue weighted by Gasteiger charge is -2.12. The fourth-order valence-corrected chi connectivity index (χ4v) is 3.30. The van der Waals surface area contributed by atoms with Gasteiger partial charge in [0.05, 0.1) is 11.6 Å². The highest BCUT2D eigenvalue weighted by Crippen LogP contribution is 2.26. The van der Waals surface area contributed by atoms with Crippen molar-refractivity contribution in [1.82, 2.24) is 10.2 Å². The van der Waals surface area contributed by atoms with E-state index in [9.17, 15) is 19.6 Å². The van der Waals surface area contributed by atoms with Crippen molar-refractivity contribution in [2.45, 2.75) is 6.92 Å². The van der Waals surface area contributed by atoms with Gasteiger partial charge in [-0.2, -0.15) is 5.26 Å². The lowest BCUT2D eigenvalue weighted by molar-refractivity contribution is -0.127. The second kappa shape index (κ2) is 8.62. The fourth-order valence-electron chi connectivity index (χ4n) is 3.30. The maximum Gasteiger partial charge on any atom is 0.329 e. The smallest absolute Gasteiger partial charge is 0.329 e. The second-order valence-electron chi connectivity index (χ2n) is 7.16. The molecule has 2 N–H and O–H groups in total. The van der Waals surface area contributed by atoms with E-state index in [0.717, 1.165) is 10.5 Å². The minimum absolute atomic E-state index is 0.00664. The van der Waals surface area contributed by atoms with Crippen LogP contribution in [-0.2, 0) is 9.59 Å². The summed E-state index contributed by atoms with van der Waals surface area (Å²) in [4.78, 5) is 38.0. The Kier molecular flexibility index (Phi) is 5.55. The van der Waals surface area contributed by atoms with Gasteiger partial charge in [0, 0.05) is 17.3 Å². The predicted octanol–water partition coefficient (Wildman–Crippen LogP) is 3.66. The van der Waals surface area contributed by atoms with Gasteiger partial charge in [0.1, 0.15) is 23.8 Å². The third kappa shape index (κ3) is 4.27. The number of aryl methyl sites for hydroxylation is 1. The summed E-state index contributed by atoms with van der Waals surface area (Å²) in [5.41, 5.74) is 2.62. The van der Waals surface area contributed by atoms with E-state index in [2.05, 4.69) is 16.7 Å². The Bertz CT molecular complexity index is 1300. The lowest BCUT2D eigenvalue weighted by Crippen LogP contribution is -2.38. The molecule has 1 fully saturated rings. The largest absolute Gasteiger partial charge is 0.457 e. The molecule has 2 aromatic carbocycles. The summed E-state index contributed by atoms with van der Waals surface area (Å²) in [6, 6.07) is 18.9. The molecule has 8 nitrogen and oxygen atoms in total. The number of imide groups is 1. The average molecular weight is 426 g/mol. The van der Waals surface area contributed by atoms with Gasteiger partial charge in [-0.15, -0.1) is 0 Å². The van der Waals surface area contributed by atoms with Crippen molar-refractivity contribution < 1.29 is 18.8 Å². The van der Waals surface area contributed by atoms with Crippen LogP contribution in [0.4, 0.5) is 10.5 Å². The molecule has 8 heteroatoms. The third-order valence-electron chi connectivity index (χ3n) is 4.79. The van der Waals surface area contributed by atoms with E-state index in [1.165, 1.54) is 6.08 Å². The maximum absolute atomic E-state index is 12.6. The number of nitriles is 1. The normalized spacial score (nSPS) is 14.4. The Morgan fingerprint density at radius 2 is 1.97 bits per heavy atom. The zero-order valence-corrected chi connectivity index (χ0v) is 17.1. The van der Waals surface area contributed by atoms with E-state index in [1.54, 1.807) is 54.6 Å². The zero-order chi connectivity index (χ0) is 22.7. The summed E-state index contributed by atoms with van der Waals surface area (Å²) in [7, 11) is 0. The number of hydrogen-bond donors (Lipinski definition) is 2. The first-order valence-electron chi connectivity index (χ1n) is 9.75. The summed E-state index contributed by atoms with van der Waals surface area (Å²) in [5, 5.41) is 14.4. The molecule has 158 valence electrons. The molecule has 0 spiro atoms. The number of amides is 4. The van der Waals surface area contributed by atoms with Crippen molar-refractivity contribution in [2.24, 2.45) is 0 Å². The molecule has 1 aliphatic rings. The molecule has 3 aromatic rings. The molecular weight excluding hydrogens is 408 g/mol. The standard InChI is InChI=1S/C24H18N4O4/c1-15-5-4-7-17(11-15)26-22(29)14-28-23(30)20(27-24(28)31)12-18-9-10-21(32-18)19-8-3-2-6-16(19)13-25/h2-12H,14H2,1H3,(H,26,29)(H,27,31)/b20-12+. The summed E-state index contributed by atoms with van der Waals surface area (Å²) in [6.07, 6.45) is 1.39. The van der Waals surface area contributed by atoms with Gasteiger partial charge in [0.15, 0.2) is 0 Å². The first kappa shape index (κ1) is 20.6. The first-order valence-corrected chi connectivity index (χ1v) is 9.75. The van der Waals surface area contributed by atoms with Gasteiger partial charge in [-0.1, -0.05) is 24.3 Å². The topological polar surface area (TPSA) is 115 Å². The number of carbonyl (C=O) groups excluding carboxylic acids is 3. The highest BCUT2D eigenvalue weighted by molar-refractivity contribution is 6.15. The maximum atomic E-state index is 12.6. The quantitative estimate of drug-likeness (QED) is 0.477. The number of nitrogens with zero attached hydrogens (tertiary/aromatic N) is 2. The Hall–Kier alpha value is -4.64. The van der Waals surface area contributed by atoms with Crippen molar-refractivity contribution in [3.8, 4) is 17.4 Å². The van der Waals surface area contributed by atoms with Crippen LogP contribution in [0.1, 0.15) is 16.9 Å². The summed E-state index contributed by atoms with van der Waals surface area (Å²) in [6.45, 7) is 1.47. The Morgan fingerprint density at radius 1 is 1.16 bits per heavy atom. The number of urea groups is 1. The van der Waals surface area contributed by atoms with Crippen LogP contribution < -0.4 is 10.6 Å². The van der Waals surface area contributed by atoms with Crippen LogP contribution >= 0.6 is 0 Å². The molecule has 0 atom stereocenters. The zero-order valence-electron chi connectivity index (χ0n) is 17.1. The highest BCUT2D eigenvalue weighted by atomic mass is 16.3. The number of furan rings is 1. The first-order chi connectivity index (χ1) is 15.4. The van der Waals surface area contributed by atoms with E-state index in [0.29, 0.717) is 28.3 Å². The number of nitrogens with one attached hydrogen (secondary N) is 2. The predicted molar refractivity (Wildman–Crippen MR) is 117 cm³/mol. The van der Waals surface area contributed by atoms with Crippen molar-refractivity contribution in [2.75, 3.05) is 11.9 Å². The Labute approximate surface area is 183 Å². The van der Waals surface area contributed by atoms with Crippen LogP contribution in [0, 0.1) is 18.3 Å². The molecule has 2 heterocycles. The van der Waals surface area contributed by atoms with E-state index in [-0.39, 0.29) is 5.70 Å². The molecule has 0 aliphatic carbocycles.